The highest BCUT2D eigenvalue weighted by Crippen LogP contribution is 2.27. The molecule has 1 fully saturated rings. The molecule has 0 radical (unpaired) electrons. The van der Waals surface area contributed by atoms with Gasteiger partial charge in [0, 0.05) is 39.3 Å². The van der Waals surface area contributed by atoms with Crippen LogP contribution in [0.1, 0.15) is 11.1 Å². The maximum atomic E-state index is 5.40. The summed E-state index contributed by atoms with van der Waals surface area (Å²) in [5.74, 6) is 1.61. The summed E-state index contributed by atoms with van der Waals surface area (Å²) in [6.07, 6.45) is 2.19. The van der Waals surface area contributed by atoms with Gasteiger partial charge in [0.15, 0.2) is 11.5 Å². The van der Waals surface area contributed by atoms with Crippen molar-refractivity contribution in [3.05, 3.63) is 59.7 Å². The predicted octanol–water partition coefficient (Wildman–Crippen LogP) is 3.95. The molecule has 0 amide bonds. The van der Waals surface area contributed by atoms with Crippen molar-refractivity contribution in [1.29, 1.82) is 0 Å². The number of methoxy groups -OCH3 is 2. The van der Waals surface area contributed by atoms with Crippen LogP contribution in [0.3, 0.4) is 0 Å². The van der Waals surface area contributed by atoms with Gasteiger partial charge in [-0.3, -0.25) is 0 Å². The van der Waals surface area contributed by atoms with Crippen LogP contribution in [0.25, 0.3) is 0 Å². The Morgan fingerprint density at radius 1 is 0.679 bits per heavy atom. The van der Waals surface area contributed by atoms with E-state index >= 15 is 0 Å². The second-order valence-electron chi connectivity index (χ2n) is 6.86. The first-order valence-electron chi connectivity index (χ1n) is 9.48. The van der Waals surface area contributed by atoms with E-state index in [0.29, 0.717) is 0 Å². The maximum absolute atomic E-state index is 5.40. The Morgan fingerprint density at radius 2 is 1.21 bits per heavy atom. The molecule has 4 nitrogen and oxygen atoms in total. The number of ether oxygens (including phenoxy) is 2. The normalized spacial score (nSPS) is 14.6. The first-order valence-corrected chi connectivity index (χ1v) is 9.48. The SMILES string of the molecule is COc1ccc(CCN2CCN(CCc3ccccc3)CC2)cc1OC.Cl.Cl. The average Bonchev–Trinajstić information content (AvgIpc) is 2.72. The molecule has 0 saturated carbocycles. The Kier molecular flexibility index (Phi) is 11.3. The number of piperazine rings is 1. The van der Waals surface area contributed by atoms with E-state index in [-0.39, 0.29) is 24.8 Å². The van der Waals surface area contributed by atoms with Gasteiger partial charge in [0.05, 0.1) is 14.2 Å². The quantitative estimate of drug-likeness (QED) is 0.637. The van der Waals surface area contributed by atoms with Crippen LogP contribution >= 0.6 is 24.8 Å². The first-order chi connectivity index (χ1) is 12.8. The van der Waals surface area contributed by atoms with Gasteiger partial charge in [0.25, 0.3) is 0 Å². The molecule has 0 bridgehead atoms. The highest BCUT2D eigenvalue weighted by atomic mass is 35.5. The van der Waals surface area contributed by atoms with E-state index in [1.807, 2.05) is 6.07 Å². The zero-order valence-corrected chi connectivity index (χ0v) is 18.4. The predicted molar refractivity (Wildman–Crippen MR) is 121 cm³/mol. The van der Waals surface area contributed by atoms with Gasteiger partial charge < -0.3 is 19.3 Å². The largest absolute Gasteiger partial charge is 0.493 e. The van der Waals surface area contributed by atoms with Gasteiger partial charge in [0.1, 0.15) is 0 Å². The van der Waals surface area contributed by atoms with Crippen molar-refractivity contribution in [3.63, 3.8) is 0 Å². The summed E-state index contributed by atoms with van der Waals surface area (Å²) in [6.45, 7) is 6.90. The fourth-order valence-corrected chi connectivity index (χ4v) is 3.49. The second kappa shape index (κ2) is 12.9. The molecule has 0 aliphatic carbocycles. The van der Waals surface area contributed by atoms with E-state index in [0.717, 1.165) is 50.5 Å². The van der Waals surface area contributed by atoms with Crippen LogP contribution in [-0.2, 0) is 12.8 Å². The van der Waals surface area contributed by atoms with Crippen molar-refractivity contribution in [1.82, 2.24) is 9.80 Å². The minimum Gasteiger partial charge on any atom is -0.493 e. The van der Waals surface area contributed by atoms with Crippen LogP contribution in [0.15, 0.2) is 48.5 Å². The van der Waals surface area contributed by atoms with Crippen LogP contribution in [0.2, 0.25) is 0 Å². The molecule has 0 aromatic heterocycles. The molecule has 1 saturated heterocycles. The molecular weight excluding hydrogens is 395 g/mol. The Balaban J connectivity index is 0.00000196. The topological polar surface area (TPSA) is 24.9 Å². The van der Waals surface area contributed by atoms with E-state index in [1.54, 1.807) is 14.2 Å². The summed E-state index contributed by atoms with van der Waals surface area (Å²) in [5, 5.41) is 0. The van der Waals surface area contributed by atoms with Crippen molar-refractivity contribution in [2.24, 2.45) is 0 Å². The summed E-state index contributed by atoms with van der Waals surface area (Å²) in [4.78, 5) is 5.15. The number of hydrogen-bond donors (Lipinski definition) is 0. The van der Waals surface area contributed by atoms with Crippen molar-refractivity contribution in [3.8, 4) is 11.5 Å². The van der Waals surface area contributed by atoms with Gasteiger partial charge in [-0.15, -0.1) is 24.8 Å². The molecule has 2 aromatic carbocycles. The zero-order valence-electron chi connectivity index (χ0n) is 16.8. The first kappa shape index (κ1) is 24.6. The van der Waals surface area contributed by atoms with Gasteiger partial charge in [-0.2, -0.15) is 0 Å². The van der Waals surface area contributed by atoms with Gasteiger partial charge >= 0.3 is 0 Å². The molecule has 1 aliphatic heterocycles. The van der Waals surface area contributed by atoms with Gasteiger partial charge in [0.2, 0.25) is 0 Å². The molecule has 3 rings (SSSR count). The summed E-state index contributed by atoms with van der Waals surface area (Å²) < 4.78 is 10.7. The Hall–Kier alpha value is -1.46. The summed E-state index contributed by atoms with van der Waals surface area (Å²) in [7, 11) is 3.37. The standard InChI is InChI=1S/C22H30N2O2.2ClH/c1-25-21-9-8-20(18-22(21)26-2)11-13-24-16-14-23(15-17-24)12-10-19-6-4-3-5-7-19;;/h3-9,18H,10-17H2,1-2H3;2*1H. The van der Waals surface area contributed by atoms with Crippen molar-refractivity contribution in [2.45, 2.75) is 12.8 Å². The molecule has 28 heavy (non-hydrogen) atoms. The molecule has 2 aromatic rings. The highest BCUT2D eigenvalue weighted by Gasteiger charge is 2.16. The van der Waals surface area contributed by atoms with Crippen LogP contribution in [0.4, 0.5) is 0 Å². The molecule has 6 heteroatoms. The van der Waals surface area contributed by atoms with E-state index in [1.165, 1.54) is 24.2 Å². The molecule has 0 atom stereocenters. The van der Waals surface area contributed by atoms with Crippen LogP contribution in [0, 0.1) is 0 Å². The third-order valence-corrected chi connectivity index (χ3v) is 5.19. The molecule has 0 spiro atoms. The Labute approximate surface area is 181 Å². The minimum atomic E-state index is 0. The van der Waals surface area contributed by atoms with E-state index < -0.39 is 0 Å². The maximum Gasteiger partial charge on any atom is 0.160 e. The minimum absolute atomic E-state index is 0. The second-order valence-corrected chi connectivity index (χ2v) is 6.86. The molecule has 0 unspecified atom stereocenters. The van der Waals surface area contributed by atoms with E-state index in [2.05, 4.69) is 52.3 Å². The van der Waals surface area contributed by atoms with E-state index in [4.69, 9.17) is 9.47 Å². The highest BCUT2D eigenvalue weighted by molar-refractivity contribution is 5.85. The Bertz CT molecular complexity index is 677. The summed E-state index contributed by atoms with van der Waals surface area (Å²) in [5.41, 5.74) is 2.73. The smallest absolute Gasteiger partial charge is 0.160 e. The van der Waals surface area contributed by atoms with Crippen molar-refractivity contribution >= 4 is 24.8 Å². The lowest BCUT2D eigenvalue weighted by atomic mass is 10.1. The average molecular weight is 427 g/mol. The number of benzene rings is 2. The summed E-state index contributed by atoms with van der Waals surface area (Å²) in [6, 6.07) is 17.0. The lowest BCUT2D eigenvalue weighted by Gasteiger charge is -2.34. The van der Waals surface area contributed by atoms with E-state index in [9.17, 15) is 0 Å². The third kappa shape index (κ3) is 7.17. The van der Waals surface area contributed by atoms with Gasteiger partial charge in [-0.1, -0.05) is 36.4 Å². The number of rotatable bonds is 8. The van der Waals surface area contributed by atoms with Gasteiger partial charge in [-0.05, 0) is 36.1 Å². The lowest BCUT2D eigenvalue weighted by molar-refractivity contribution is 0.134. The molecule has 0 N–H and O–H groups in total. The lowest BCUT2D eigenvalue weighted by Crippen LogP contribution is -2.47. The van der Waals surface area contributed by atoms with Crippen LogP contribution < -0.4 is 9.47 Å². The fourth-order valence-electron chi connectivity index (χ4n) is 3.49. The molecule has 1 heterocycles. The molecule has 156 valence electrons. The third-order valence-electron chi connectivity index (χ3n) is 5.19. The van der Waals surface area contributed by atoms with Crippen molar-refractivity contribution in [2.75, 3.05) is 53.5 Å². The fraction of sp³-hybridized carbons (Fsp3) is 0.455. The van der Waals surface area contributed by atoms with Crippen molar-refractivity contribution < 1.29 is 9.47 Å². The van der Waals surface area contributed by atoms with Crippen LogP contribution in [-0.4, -0.2) is 63.3 Å². The number of hydrogen-bond acceptors (Lipinski definition) is 4. The monoisotopic (exact) mass is 426 g/mol. The number of nitrogens with zero attached hydrogens (tertiary/aromatic N) is 2. The summed E-state index contributed by atoms with van der Waals surface area (Å²) >= 11 is 0. The molecular formula is C22H32Cl2N2O2. The number of halogens is 2. The Morgan fingerprint density at radius 3 is 1.75 bits per heavy atom. The zero-order chi connectivity index (χ0) is 18.2. The molecule has 1 aliphatic rings. The van der Waals surface area contributed by atoms with Crippen LogP contribution in [0.5, 0.6) is 11.5 Å². The van der Waals surface area contributed by atoms with Gasteiger partial charge in [-0.25, -0.2) is 0 Å².